The number of hydrogen-bond donors (Lipinski definition) is 2. The lowest BCUT2D eigenvalue weighted by atomic mass is 9.79. The van der Waals surface area contributed by atoms with Gasteiger partial charge in [0.05, 0.1) is 5.41 Å². The van der Waals surface area contributed by atoms with Gasteiger partial charge in [-0.05, 0) is 63.3 Å². The van der Waals surface area contributed by atoms with Crippen LogP contribution in [0.25, 0.3) is 0 Å². The highest BCUT2D eigenvalue weighted by Crippen LogP contribution is 2.31. The average molecular weight is 359 g/mol. The fourth-order valence-electron chi connectivity index (χ4n) is 3.81. The normalized spacial score (nSPS) is 22.7. The van der Waals surface area contributed by atoms with Gasteiger partial charge >= 0.3 is 0 Å². The third-order valence-electron chi connectivity index (χ3n) is 5.78. The lowest BCUT2D eigenvalue weighted by Gasteiger charge is -2.34. The Morgan fingerprint density at radius 3 is 2.54 bits per heavy atom. The second-order valence-electron chi connectivity index (χ2n) is 7.47. The molecule has 2 fully saturated rings. The predicted molar refractivity (Wildman–Crippen MR) is 101 cm³/mol. The van der Waals surface area contributed by atoms with Crippen LogP contribution in [0.2, 0.25) is 0 Å². The highest BCUT2D eigenvalue weighted by atomic mass is 16.5. The Bertz CT molecular complexity index is 638. The summed E-state index contributed by atoms with van der Waals surface area (Å²) in [5, 5.41) is 2.96. The third-order valence-corrected chi connectivity index (χ3v) is 5.78. The van der Waals surface area contributed by atoms with Crippen molar-refractivity contribution >= 4 is 17.5 Å². The van der Waals surface area contributed by atoms with E-state index >= 15 is 0 Å². The maximum atomic E-state index is 12.7. The molecule has 1 aromatic rings. The van der Waals surface area contributed by atoms with Crippen LogP contribution in [0.3, 0.4) is 0 Å². The van der Waals surface area contributed by atoms with Crippen LogP contribution in [0.1, 0.15) is 49.4 Å². The summed E-state index contributed by atoms with van der Waals surface area (Å²) in [6, 6.07) is 7.46. The van der Waals surface area contributed by atoms with E-state index in [-0.39, 0.29) is 17.9 Å². The molecule has 3 N–H and O–H groups in total. The van der Waals surface area contributed by atoms with Crippen molar-refractivity contribution in [2.75, 3.05) is 31.6 Å². The molecule has 6 nitrogen and oxygen atoms in total. The van der Waals surface area contributed by atoms with Gasteiger partial charge in [0, 0.05) is 43.6 Å². The highest BCUT2D eigenvalue weighted by Gasteiger charge is 2.38. The van der Waals surface area contributed by atoms with E-state index in [9.17, 15) is 9.59 Å². The monoisotopic (exact) mass is 359 g/mol. The van der Waals surface area contributed by atoms with Crippen LogP contribution in [-0.2, 0) is 9.53 Å². The van der Waals surface area contributed by atoms with Gasteiger partial charge in [0.2, 0.25) is 5.91 Å². The van der Waals surface area contributed by atoms with Crippen molar-refractivity contribution in [3.05, 3.63) is 29.8 Å². The molecule has 2 amide bonds. The lowest BCUT2D eigenvalue weighted by Crippen LogP contribution is -2.46. The fourth-order valence-corrected chi connectivity index (χ4v) is 3.81. The fraction of sp³-hybridized carbons (Fsp3) is 0.600. The van der Waals surface area contributed by atoms with Crippen LogP contribution in [0.4, 0.5) is 5.69 Å². The number of likely N-dealkylation sites (tertiary alicyclic amines) is 1. The molecule has 3 rings (SSSR count). The Morgan fingerprint density at radius 1 is 1.23 bits per heavy atom. The molecule has 1 aromatic carbocycles. The molecule has 0 aliphatic carbocycles. The van der Waals surface area contributed by atoms with Crippen molar-refractivity contribution < 1.29 is 14.3 Å². The first-order chi connectivity index (χ1) is 12.6. The zero-order chi connectivity index (χ0) is 18.6. The van der Waals surface area contributed by atoms with Gasteiger partial charge in [-0.15, -0.1) is 0 Å². The van der Waals surface area contributed by atoms with Gasteiger partial charge in [0.1, 0.15) is 0 Å². The number of amides is 2. The molecule has 0 spiro atoms. The first-order valence-electron chi connectivity index (χ1n) is 9.56. The molecule has 6 heteroatoms. The van der Waals surface area contributed by atoms with Crippen LogP contribution in [-0.4, -0.2) is 49.1 Å². The molecule has 2 heterocycles. The number of benzene rings is 1. The zero-order valence-corrected chi connectivity index (χ0v) is 15.5. The number of carbonyl (C=O) groups excluding carboxylic acids is 2. The molecule has 142 valence electrons. The Morgan fingerprint density at radius 2 is 1.92 bits per heavy atom. The Labute approximate surface area is 155 Å². The number of nitrogens with one attached hydrogen (secondary N) is 1. The third kappa shape index (κ3) is 3.91. The number of piperidine rings is 1. The van der Waals surface area contributed by atoms with Gasteiger partial charge < -0.3 is 20.7 Å². The summed E-state index contributed by atoms with van der Waals surface area (Å²) < 4.78 is 5.36. The van der Waals surface area contributed by atoms with E-state index in [0.717, 1.165) is 19.4 Å². The minimum absolute atomic E-state index is 0.0629. The van der Waals surface area contributed by atoms with Crippen molar-refractivity contribution in [1.82, 2.24) is 4.90 Å². The molecule has 0 radical (unpaired) electrons. The van der Waals surface area contributed by atoms with E-state index in [1.807, 2.05) is 4.90 Å². The van der Waals surface area contributed by atoms with Crippen LogP contribution in [0.15, 0.2) is 24.3 Å². The summed E-state index contributed by atoms with van der Waals surface area (Å²) in [6.45, 7) is 4.36. The number of nitrogens with zero attached hydrogens (tertiary/aromatic N) is 1. The Hall–Kier alpha value is -1.92. The van der Waals surface area contributed by atoms with Gasteiger partial charge in [-0.2, -0.15) is 0 Å². The van der Waals surface area contributed by atoms with Gasteiger partial charge in [-0.25, -0.2) is 0 Å². The quantitative estimate of drug-likeness (QED) is 0.864. The predicted octanol–water partition coefficient (Wildman–Crippen LogP) is 2.40. The summed E-state index contributed by atoms with van der Waals surface area (Å²) in [4.78, 5) is 27.4. The minimum atomic E-state index is -0.560. The van der Waals surface area contributed by atoms with Crippen molar-refractivity contribution in [2.45, 2.75) is 45.1 Å². The standard InChI is InChI=1S/C20H29N3O3/c1-15-4-2-3-11-23(15)18(24)16-5-7-17(8-6-16)22-19(25)20(14-21)9-12-26-13-10-20/h5-8,15H,2-4,9-14,21H2,1H3,(H,22,25). The van der Waals surface area contributed by atoms with Crippen molar-refractivity contribution in [3.8, 4) is 0 Å². The van der Waals surface area contributed by atoms with Crippen LogP contribution >= 0.6 is 0 Å². The number of ether oxygens (including phenoxy) is 1. The van der Waals surface area contributed by atoms with E-state index < -0.39 is 5.41 Å². The van der Waals surface area contributed by atoms with E-state index in [1.54, 1.807) is 24.3 Å². The number of rotatable bonds is 4. The van der Waals surface area contributed by atoms with Gasteiger partial charge in [-0.3, -0.25) is 9.59 Å². The molecule has 1 atom stereocenters. The van der Waals surface area contributed by atoms with Crippen molar-refractivity contribution in [1.29, 1.82) is 0 Å². The Balaban J connectivity index is 1.65. The second-order valence-corrected chi connectivity index (χ2v) is 7.47. The van der Waals surface area contributed by atoms with Gasteiger partial charge in [0.15, 0.2) is 0 Å². The highest BCUT2D eigenvalue weighted by molar-refractivity contribution is 5.97. The summed E-state index contributed by atoms with van der Waals surface area (Å²) in [6.07, 6.45) is 4.58. The summed E-state index contributed by atoms with van der Waals surface area (Å²) in [5.74, 6) is 0.00460. The molecule has 26 heavy (non-hydrogen) atoms. The van der Waals surface area contributed by atoms with E-state index in [0.29, 0.717) is 43.9 Å². The topological polar surface area (TPSA) is 84.7 Å². The first kappa shape index (κ1) is 18.9. The number of carbonyl (C=O) groups is 2. The van der Waals surface area contributed by atoms with Gasteiger partial charge in [-0.1, -0.05) is 0 Å². The largest absolute Gasteiger partial charge is 0.381 e. The number of hydrogen-bond acceptors (Lipinski definition) is 4. The average Bonchev–Trinajstić information content (AvgIpc) is 2.69. The molecule has 2 aliphatic heterocycles. The van der Waals surface area contributed by atoms with E-state index in [1.165, 1.54) is 6.42 Å². The molecular weight excluding hydrogens is 330 g/mol. The number of anilines is 1. The molecule has 2 aliphatic rings. The van der Waals surface area contributed by atoms with Crippen LogP contribution < -0.4 is 11.1 Å². The molecule has 2 saturated heterocycles. The number of nitrogens with two attached hydrogens (primary N) is 1. The first-order valence-corrected chi connectivity index (χ1v) is 9.56. The maximum absolute atomic E-state index is 12.7. The molecule has 1 unspecified atom stereocenters. The summed E-state index contributed by atoms with van der Waals surface area (Å²) >= 11 is 0. The van der Waals surface area contributed by atoms with E-state index in [4.69, 9.17) is 10.5 Å². The second kappa shape index (κ2) is 8.18. The SMILES string of the molecule is CC1CCCCN1C(=O)c1ccc(NC(=O)C2(CN)CCOCC2)cc1. The van der Waals surface area contributed by atoms with Crippen molar-refractivity contribution in [3.63, 3.8) is 0 Å². The Kier molecular flexibility index (Phi) is 5.94. The summed E-state index contributed by atoms with van der Waals surface area (Å²) in [7, 11) is 0. The summed E-state index contributed by atoms with van der Waals surface area (Å²) in [5.41, 5.74) is 6.68. The van der Waals surface area contributed by atoms with E-state index in [2.05, 4.69) is 12.2 Å². The van der Waals surface area contributed by atoms with Gasteiger partial charge in [0.25, 0.3) is 5.91 Å². The maximum Gasteiger partial charge on any atom is 0.254 e. The minimum Gasteiger partial charge on any atom is -0.381 e. The van der Waals surface area contributed by atoms with Crippen LogP contribution in [0, 0.1) is 5.41 Å². The molecule has 0 saturated carbocycles. The van der Waals surface area contributed by atoms with Crippen molar-refractivity contribution in [2.24, 2.45) is 11.1 Å². The molecule has 0 bridgehead atoms. The molecule has 0 aromatic heterocycles. The zero-order valence-electron chi connectivity index (χ0n) is 15.5. The molecular formula is C20H29N3O3. The van der Waals surface area contributed by atoms with Crippen LogP contribution in [0.5, 0.6) is 0 Å². The lowest BCUT2D eigenvalue weighted by molar-refractivity contribution is -0.130. The smallest absolute Gasteiger partial charge is 0.254 e.